The van der Waals surface area contributed by atoms with Gasteiger partial charge in [-0.2, -0.15) is 0 Å². The number of imidazole rings is 1. The van der Waals surface area contributed by atoms with Gasteiger partial charge in [-0.1, -0.05) is 0 Å². The second-order valence-electron chi connectivity index (χ2n) is 3.65. The molecule has 0 spiro atoms. The molecule has 0 aliphatic rings. The van der Waals surface area contributed by atoms with E-state index in [4.69, 9.17) is 10.5 Å². The highest BCUT2D eigenvalue weighted by Crippen LogP contribution is 2.24. The van der Waals surface area contributed by atoms with Gasteiger partial charge >= 0.3 is 0 Å². The number of ether oxygens (including phenoxy) is 1. The van der Waals surface area contributed by atoms with Crippen LogP contribution in [0.5, 0.6) is 5.75 Å². The van der Waals surface area contributed by atoms with Gasteiger partial charge in [0.15, 0.2) is 0 Å². The minimum atomic E-state index is 0.455. The molecule has 3 N–H and O–H groups in total. The molecule has 2 aromatic rings. The van der Waals surface area contributed by atoms with Crippen molar-refractivity contribution in [2.45, 2.75) is 13.5 Å². The molecule has 0 saturated carbocycles. The summed E-state index contributed by atoms with van der Waals surface area (Å²) in [5.41, 5.74) is 8.71. The van der Waals surface area contributed by atoms with E-state index in [1.807, 2.05) is 31.3 Å². The van der Waals surface area contributed by atoms with Crippen LogP contribution < -0.4 is 10.5 Å². The van der Waals surface area contributed by atoms with Crippen molar-refractivity contribution in [3.8, 4) is 17.1 Å². The zero-order valence-corrected chi connectivity index (χ0v) is 9.45. The van der Waals surface area contributed by atoms with Crippen LogP contribution in [0.3, 0.4) is 0 Å². The van der Waals surface area contributed by atoms with E-state index >= 15 is 0 Å². The molecule has 0 amide bonds. The van der Waals surface area contributed by atoms with Crippen molar-refractivity contribution >= 4 is 0 Å². The number of aromatic amines is 1. The topological polar surface area (TPSA) is 63.9 Å². The Morgan fingerprint density at radius 2 is 2.25 bits per heavy atom. The lowest BCUT2D eigenvalue weighted by Crippen LogP contribution is -2.00. The molecule has 2 rings (SSSR count). The van der Waals surface area contributed by atoms with E-state index in [9.17, 15) is 0 Å². The van der Waals surface area contributed by atoms with Crippen molar-refractivity contribution in [3.05, 3.63) is 35.7 Å². The summed E-state index contributed by atoms with van der Waals surface area (Å²) >= 11 is 0. The summed E-state index contributed by atoms with van der Waals surface area (Å²) in [4.78, 5) is 7.47. The Hall–Kier alpha value is -1.81. The molecule has 0 bridgehead atoms. The van der Waals surface area contributed by atoms with E-state index in [1.165, 1.54) is 0 Å². The molecule has 4 heteroatoms. The monoisotopic (exact) mass is 217 g/mol. The van der Waals surface area contributed by atoms with Crippen molar-refractivity contribution in [1.82, 2.24) is 9.97 Å². The summed E-state index contributed by atoms with van der Waals surface area (Å²) in [6.07, 6.45) is 1.81. The van der Waals surface area contributed by atoms with Crippen molar-refractivity contribution < 1.29 is 4.74 Å². The van der Waals surface area contributed by atoms with Gasteiger partial charge in [0.2, 0.25) is 0 Å². The lowest BCUT2D eigenvalue weighted by molar-refractivity contribution is 0.410. The maximum absolute atomic E-state index is 5.67. The van der Waals surface area contributed by atoms with Gasteiger partial charge in [0.05, 0.1) is 7.11 Å². The molecule has 16 heavy (non-hydrogen) atoms. The summed E-state index contributed by atoms with van der Waals surface area (Å²) in [5, 5.41) is 0. The molecule has 0 saturated heterocycles. The third kappa shape index (κ3) is 1.92. The summed E-state index contributed by atoms with van der Waals surface area (Å²) in [6.45, 7) is 2.43. The third-order valence-electron chi connectivity index (χ3n) is 2.48. The van der Waals surface area contributed by atoms with Crippen molar-refractivity contribution in [1.29, 1.82) is 0 Å². The normalized spacial score (nSPS) is 10.4. The Labute approximate surface area is 94.5 Å². The summed E-state index contributed by atoms with van der Waals surface area (Å²) < 4.78 is 5.22. The average molecular weight is 217 g/mol. The summed E-state index contributed by atoms with van der Waals surface area (Å²) in [5.74, 6) is 1.67. The van der Waals surface area contributed by atoms with Crippen molar-refractivity contribution in [2.75, 3.05) is 7.11 Å². The van der Waals surface area contributed by atoms with Crippen LogP contribution in [-0.4, -0.2) is 17.1 Å². The summed E-state index contributed by atoms with van der Waals surface area (Å²) in [6, 6.07) is 5.88. The van der Waals surface area contributed by atoms with E-state index in [1.54, 1.807) is 7.11 Å². The fourth-order valence-corrected chi connectivity index (χ4v) is 1.64. The molecule has 84 valence electrons. The molecule has 1 aromatic heterocycles. The third-order valence-corrected chi connectivity index (χ3v) is 2.48. The predicted molar refractivity (Wildman–Crippen MR) is 63.2 cm³/mol. The minimum Gasteiger partial charge on any atom is -0.496 e. The number of nitrogens with zero attached hydrogens (tertiary/aromatic N) is 1. The van der Waals surface area contributed by atoms with Gasteiger partial charge in [-0.05, 0) is 25.1 Å². The molecule has 0 unspecified atom stereocenters. The molecule has 0 aliphatic carbocycles. The van der Waals surface area contributed by atoms with Crippen LogP contribution in [0.25, 0.3) is 11.4 Å². The number of benzene rings is 1. The molecular formula is C12H15N3O. The smallest absolute Gasteiger partial charge is 0.137 e. The predicted octanol–water partition coefficient (Wildman–Crippen LogP) is 1.85. The number of aryl methyl sites for hydroxylation is 1. The first-order chi connectivity index (χ1) is 7.74. The van der Waals surface area contributed by atoms with E-state index in [-0.39, 0.29) is 0 Å². The molecule has 1 aromatic carbocycles. The first-order valence-corrected chi connectivity index (χ1v) is 5.13. The second kappa shape index (κ2) is 4.37. The van der Waals surface area contributed by atoms with Gasteiger partial charge in [-0.3, -0.25) is 0 Å². The van der Waals surface area contributed by atoms with Gasteiger partial charge in [-0.25, -0.2) is 4.98 Å². The fourth-order valence-electron chi connectivity index (χ4n) is 1.64. The SMILES string of the molecule is COc1ccc(-c2ncc(C)[nH]2)cc1CN. The van der Waals surface area contributed by atoms with Gasteiger partial charge in [0.25, 0.3) is 0 Å². The Morgan fingerprint density at radius 3 is 2.81 bits per heavy atom. The number of aromatic nitrogens is 2. The molecule has 0 aliphatic heterocycles. The molecule has 4 nitrogen and oxygen atoms in total. The van der Waals surface area contributed by atoms with E-state index in [0.29, 0.717) is 6.54 Å². The molecule has 0 atom stereocenters. The van der Waals surface area contributed by atoms with Crippen LogP contribution in [-0.2, 0) is 6.54 Å². The van der Waals surface area contributed by atoms with Crippen LogP contribution in [0.2, 0.25) is 0 Å². The highest BCUT2D eigenvalue weighted by molar-refractivity contribution is 5.59. The lowest BCUT2D eigenvalue weighted by atomic mass is 10.1. The van der Waals surface area contributed by atoms with Crippen molar-refractivity contribution in [2.24, 2.45) is 5.73 Å². The minimum absolute atomic E-state index is 0.455. The standard InChI is InChI=1S/C12H15N3O/c1-8-7-14-12(15-8)9-3-4-11(16-2)10(5-9)6-13/h3-5,7H,6,13H2,1-2H3,(H,14,15). The van der Waals surface area contributed by atoms with Gasteiger partial charge < -0.3 is 15.5 Å². The van der Waals surface area contributed by atoms with E-state index in [2.05, 4.69) is 9.97 Å². The van der Waals surface area contributed by atoms with Crippen LogP contribution in [0, 0.1) is 6.92 Å². The van der Waals surface area contributed by atoms with E-state index < -0.39 is 0 Å². The Balaban J connectivity index is 2.43. The fraction of sp³-hybridized carbons (Fsp3) is 0.250. The summed E-state index contributed by atoms with van der Waals surface area (Å²) in [7, 11) is 1.64. The van der Waals surface area contributed by atoms with Crippen molar-refractivity contribution in [3.63, 3.8) is 0 Å². The van der Waals surface area contributed by atoms with Gasteiger partial charge in [0.1, 0.15) is 11.6 Å². The zero-order valence-electron chi connectivity index (χ0n) is 9.45. The number of hydrogen-bond donors (Lipinski definition) is 2. The number of methoxy groups -OCH3 is 1. The quantitative estimate of drug-likeness (QED) is 0.824. The number of H-pyrrole nitrogens is 1. The van der Waals surface area contributed by atoms with Crippen LogP contribution in [0.4, 0.5) is 0 Å². The van der Waals surface area contributed by atoms with E-state index in [0.717, 1.165) is 28.4 Å². The first kappa shape index (κ1) is 10.7. The first-order valence-electron chi connectivity index (χ1n) is 5.13. The van der Waals surface area contributed by atoms with Crippen LogP contribution in [0.15, 0.2) is 24.4 Å². The highest BCUT2D eigenvalue weighted by Gasteiger charge is 2.06. The maximum atomic E-state index is 5.67. The average Bonchev–Trinajstić information content (AvgIpc) is 2.75. The molecular weight excluding hydrogens is 202 g/mol. The molecule has 0 radical (unpaired) electrons. The van der Waals surface area contributed by atoms with Gasteiger partial charge in [0, 0.05) is 29.6 Å². The number of nitrogens with two attached hydrogens (primary N) is 1. The van der Waals surface area contributed by atoms with Crippen LogP contribution in [0.1, 0.15) is 11.3 Å². The van der Waals surface area contributed by atoms with Crippen LogP contribution >= 0.6 is 0 Å². The van der Waals surface area contributed by atoms with Gasteiger partial charge in [-0.15, -0.1) is 0 Å². The molecule has 0 fully saturated rings. The number of hydrogen-bond acceptors (Lipinski definition) is 3. The maximum Gasteiger partial charge on any atom is 0.137 e. The Morgan fingerprint density at radius 1 is 1.44 bits per heavy atom. The Kier molecular flexibility index (Phi) is 2.92. The largest absolute Gasteiger partial charge is 0.496 e. The Bertz CT molecular complexity index is 491. The zero-order chi connectivity index (χ0) is 11.5. The number of nitrogens with one attached hydrogen (secondary N) is 1. The number of rotatable bonds is 3. The highest BCUT2D eigenvalue weighted by atomic mass is 16.5. The molecule has 1 heterocycles. The lowest BCUT2D eigenvalue weighted by Gasteiger charge is -2.07. The second-order valence-corrected chi connectivity index (χ2v) is 3.65.